The number of rotatable bonds is 2. The van der Waals surface area contributed by atoms with Crippen molar-refractivity contribution >= 4 is 23.2 Å². The van der Waals surface area contributed by atoms with Gasteiger partial charge >= 0.3 is 0 Å². The van der Waals surface area contributed by atoms with Gasteiger partial charge < -0.3 is 4.57 Å². The first-order chi connectivity index (χ1) is 8.75. The number of hydrogen-bond donors (Lipinski definition) is 0. The maximum absolute atomic E-state index is 6.28. The lowest BCUT2D eigenvalue weighted by molar-refractivity contribution is 1.04. The van der Waals surface area contributed by atoms with Crippen molar-refractivity contribution in [3.63, 3.8) is 0 Å². The summed E-state index contributed by atoms with van der Waals surface area (Å²) in [5.74, 6) is 0. The highest BCUT2D eigenvalue weighted by Crippen LogP contribution is 2.30. The summed E-state index contributed by atoms with van der Waals surface area (Å²) in [5.41, 5.74) is 1.59. The predicted molar refractivity (Wildman–Crippen MR) is 70.7 cm³/mol. The molecule has 2 aromatic heterocycles. The van der Waals surface area contributed by atoms with Gasteiger partial charge in [-0.2, -0.15) is 0 Å². The molecule has 0 atom stereocenters. The first kappa shape index (κ1) is 11.3. The van der Waals surface area contributed by atoms with Gasteiger partial charge in [-0.15, -0.1) is 10.2 Å². The SMILES string of the molecule is Clc1cc(-n2cnnc2)c(Cl)cc1-n1cccc1. The maximum Gasteiger partial charge on any atom is 0.123 e. The molecule has 90 valence electrons. The highest BCUT2D eigenvalue weighted by Gasteiger charge is 2.09. The summed E-state index contributed by atoms with van der Waals surface area (Å²) in [6.07, 6.45) is 6.98. The Hall–Kier alpha value is -1.78. The van der Waals surface area contributed by atoms with E-state index in [0.717, 1.165) is 11.4 Å². The van der Waals surface area contributed by atoms with Gasteiger partial charge in [0.1, 0.15) is 12.7 Å². The normalized spacial score (nSPS) is 10.8. The van der Waals surface area contributed by atoms with Gasteiger partial charge in [-0.1, -0.05) is 23.2 Å². The lowest BCUT2D eigenvalue weighted by atomic mass is 10.2. The van der Waals surface area contributed by atoms with Crippen LogP contribution in [0.1, 0.15) is 0 Å². The Labute approximate surface area is 113 Å². The molecule has 0 aliphatic heterocycles. The zero-order chi connectivity index (χ0) is 12.5. The molecule has 0 unspecified atom stereocenters. The first-order valence-electron chi connectivity index (χ1n) is 5.23. The van der Waals surface area contributed by atoms with Crippen LogP contribution >= 0.6 is 23.2 Å². The molecule has 0 bridgehead atoms. The van der Waals surface area contributed by atoms with Crippen LogP contribution in [0.5, 0.6) is 0 Å². The summed E-state index contributed by atoms with van der Waals surface area (Å²) in [6, 6.07) is 7.47. The molecular formula is C12H8Cl2N4. The molecule has 4 nitrogen and oxygen atoms in total. The number of aromatic nitrogens is 4. The number of hydrogen-bond acceptors (Lipinski definition) is 2. The van der Waals surface area contributed by atoms with Gasteiger partial charge in [0.15, 0.2) is 0 Å². The van der Waals surface area contributed by atoms with Gasteiger partial charge in [-0.25, -0.2) is 0 Å². The number of halogens is 2. The molecule has 18 heavy (non-hydrogen) atoms. The Morgan fingerprint density at radius 1 is 0.778 bits per heavy atom. The van der Waals surface area contributed by atoms with E-state index in [1.807, 2.05) is 35.2 Å². The van der Waals surface area contributed by atoms with E-state index in [1.165, 1.54) is 0 Å². The second-order valence-electron chi connectivity index (χ2n) is 3.71. The van der Waals surface area contributed by atoms with E-state index in [4.69, 9.17) is 23.2 Å². The van der Waals surface area contributed by atoms with Crippen LogP contribution in [0.25, 0.3) is 11.4 Å². The largest absolute Gasteiger partial charge is 0.322 e. The highest BCUT2D eigenvalue weighted by atomic mass is 35.5. The zero-order valence-corrected chi connectivity index (χ0v) is 10.7. The minimum Gasteiger partial charge on any atom is -0.322 e. The Morgan fingerprint density at radius 2 is 1.28 bits per heavy atom. The van der Waals surface area contributed by atoms with E-state index in [1.54, 1.807) is 23.3 Å². The third-order valence-corrected chi connectivity index (χ3v) is 3.20. The molecule has 6 heteroatoms. The molecule has 3 rings (SSSR count). The molecule has 1 aromatic carbocycles. The van der Waals surface area contributed by atoms with E-state index in [0.29, 0.717) is 10.0 Å². The molecule has 3 aromatic rings. The Kier molecular flexibility index (Phi) is 2.81. The van der Waals surface area contributed by atoms with E-state index in [9.17, 15) is 0 Å². The van der Waals surface area contributed by atoms with Crippen LogP contribution in [-0.2, 0) is 0 Å². The molecule has 2 heterocycles. The Balaban J connectivity index is 2.15. The summed E-state index contributed by atoms with van der Waals surface area (Å²) in [5, 5.41) is 8.69. The summed E-state index contributed by atoms with van der Waals surface area (Å²) in [4.78, 5) is 0. The molecule has 0 spiro atoms. The molecule has 0 radical (unpaired) electrons. The van der Waals surface area contributed by atoms with Gasteiger partial charge in [-0.05, 0) is 24.3 Å². The molecule has 0 saturated heterocycles. The van der Waals surface area contributed by atoms with Crippen molar-refractivity contribution in [2.24, 2.45) is 0 Å². The van der Waals surface area contributed by atoms with Gasteiger partial charge in [-0.3, -0.25) is 4.57 Å². The first-order valence-corrected chi connectivity index (χ1v) is 5.99. The fourth-order valence-electron chi connectivity index (χ4n) is 1.74. The van der Waals surface area contributed by atoms with Crippen LogP contribution in [0, 0.1) is 0 Å². The minimum absolute atomic E-state index is 0.586. The lowest BCUT2D eigenvalue weighted by Gasteiger charge is -2.10. The summed E-state index contributed by atoms with van der Waals surface area (Å²) in [7, 11) is 0. The van der Waals surface area contributed by atoms with Gasteiger partial charge in [0.05, 0.1) is 21.4 Å². The fourth-order valence-corrected chi connectivity index (χ4v) is 2.25. The van der Waals surface area contributed by atoms with Gasteiger partial charge in [0, 0.05) is 12.4 Å². The van der Waals surface area contributed by atoms with E-state index >= 15 is 0 Å². The smallest absolute Gasteiger partial charge is 0.123 e. The maximum atomic E-state index is 6.28. The van der Waals surface area contributed by atoms with Crippen molar-refractivity contribution in [2.75, 3.05) is 0 Å². The van der Waals surface area contributed by atoms with Crippen molar-refractivity contribution in [3.8, 4) is 11.4 Å². The van der Waals surface area contributed by atoms with Crippen LogP contribution in [0.4, 0.5) is 0 Å². The second kappa shape index (κ2) is 4.48. The van der Waals surface area contributed by atoms with E-state index in [-0.39, 0.29) is 0 Å². The third-order valence-electron chi connectivity index (χ3n) is 2.60. The number of nitrogens with zero attached hydrogens (tertiary/aromatic N) is 4. The molecule has 0 aliphatic carbocycles. The van der Waals surface area contributed by atoms with Crippen molar-refractivity contribution in [1.29, 1.82) is 0 Å². The lowest BCUT2D eigenvalue weighted by Crippen LogP contribution is -1.96. The Bertz CT molecular complexity index is 600. The summed E-state index contributed by atoms with van der Waals surface area (Å²) < 4.78 is 3.62. The van der Waals surface area contributed by atoms with Crippen LogP contribution in [-0.4, -0.2) is 19.3 Å². The monoisotopic (exact) mass is 278 g/mol. The van der Waals surface area contributed by atoms with Crippen LogP contribution in [0.2, 0.25) is 10.0 Å². The molecule has 0 N–H and O–H groups in total. The van der Waals surface area contributed by atoms with E-state index in [2.05, 4.69) is 10.2 Å². The summed E-state index contributed by atoms with van der Waals surface area (Å²) >= 11 is 12.5. The molecule has 0 fully saturated rings. The highest BCUT2D eigenvalue weighted by molar-refractivity contribution is 6.35. The Morgan fingerprint density at radius 3 is 1.83 bits per heavy atom. The topological polar surface area (TPSA) is 35.6 Å². The minimum atomic E-state index is 0.586. The van der Waals surface area contributed by atoms with Crippen molar-refractivity contribution in [1.82, 2.24) is 19.3 Å². The van der Waals surface area contributed by atoms with Gasteiger partial charge in [0.25, 0.3) is 0 Å². The zero-order valence-electron chi connectivity index (χ0n) is 9.16. The number of benzene rings is 1. The standard InChI is InChI=1S/C12H8Cl2N4/c13-9-6-12(18-7-15-16-8-18)10(14)5-11(9)17-3-1-2-4-17/h1-8H. The van der Waals surface area contributed by atoms with Crippen LogP contribution < -0.4 is 0 Å². The van der Waals surface area contributed by atoms with Crippen molar-refractivity contribution in [2.45, 2.75) is 0 Å². The quantitative estimate of drug-likeness (QED) is 0.721. The van der Waals surface area contributed by atoms with Crippen molar-refractivity contribution < 1.29 is 0 Å². The summed E-state index contributed by atoms with van der Waals surface area (Å²) in [6.45, 7) is 0. The van der Waals surface area contributed by atoms with Crippen LogP contribution in [0.15, 0.2) is 49.3 Å². The third kappa shape index (κ3) is 1.89. The molecule has 0 saturated carbocycles. The van der Waals surface area contributed by atoms with Crippen molar-refractivity contribution in [3.05, 3.63) is 59.4 Å². The molecular weight excluding hydrogens is 271 g/mol. The average molecular weight is 279 g/mol. The molecule has 0 aliphatic rings. The molecule has 0 amide bonds. The van der Waals surface area contributed by atoms with Crippen LogP contribution in [0.3, 0.4) is 0 Å². The van der Waals surface area contributed by atoms with E-state index < -0.39 is 0 Å². The fraction of sp³-hybridized carbons (Fsp3) is 0. The second-order valence-corrected chi connectivity index (χ2v) is 4.53. The predicted octanol–water partition coefficient (Wildman–Crippen LogP) is 3.36. The average Bonchev–Trinajstić information content (AvgIpc) is 3.02. The van der Waals surface area contributed by atoms with Gasteiger partial charge in [0.2, 0.25) is 0 Å².